The fraction of sp³-hybridized carbons (Fsp3) is 0.778. The molecule has 1 atom stereocenters. The van der Waals surface area contributed by atoms with Crippen LogP contribution < -0.4 is 0 Å². The molecule has 0 rings (SSSR count). The third-order valence-electron chi connectivity index (χ3n) is 2.00. The summed E-state index contributed by atoms with van der Waals surface area (Å²) in [6.45, 7) is 9.79. The first-order valence-corrected chi connectivity index (χ1v) is 3.96. The van der Waals surface area contributed by atoms with Gasteiger partial charge in [-0.3, -0.25) is 0 Å². The third-order valence-corrected chi connectivity index (χ3v) is 2.00. The molecule has 0 aromatic heterocycles. The fourth-order valence-corrected chi connectivity index (χ4v) is 1.14. The average molecular weight is 142 g/mol. The average Bonchev–Trinajstić information content (AvgIpc) is 1.90. The van der Waals surface area contributed by atoms with Gasteiger partial charge in [-0.15, -0.1) is 0 Å². The van der Waals surface area contributed by atoms with Crippen LogP contribution in [0.25, 0.3) is 0 Å². The fourth-order valence-electron chi connectivity index (χ4n) is 1.14. The zero-order valence-corrected chi connectivity index (χ0v) is 7.22. The molecule has 0 amide bonds. The van der Waals surface area contributed by atoms with E-state index in [9.17, 15) is 5.11 Å². The van der Waals surface area contributed by atoms with E-state index in [0.29, 0.717) is 5.92 Å². The second kappa shape index (κ2) is 4.51. The predicted octanol–water partition coefficient (Wildman–Crippen LogP) is 2.36. The predicted molar refractivity (Wildman–Crippen MR) is 44.9 cm³/mol. The maximum atomic E-state index is 9.49. The highest BCUT2D eigenvalue weighted by atomic mass is 16.3. The highest BCUT2D eigenvalue weighted by molar-refractivity contribution is 4.99. The molecule has 0 aliphatic heterocycles. The zero-order valence-electron chi connectivity index (χ0n) is 7.22. The molecule has 0 aromatic carbocycles. The molecule has 0 fully saturated rings. The van der Waals surface area contributed by atoms with E-state index in [1.165, 1.54) is 0 Å². The van der Waals surface area contributed by atoms with Gasteiger partial charge in [0.25, 0.3) is 0 Å². The Labute approximate surface area is 63.8 Å². The van der Waals surface area contributed by atoms with Crippen LogP contribution in [0.5, 0.6) is 0 Å². The van der Waals surface area contributed by atoms with Crippen LogP contribution in [0, 0.1) is 5.92 Å². The molecule has 0 saturated heterocycles. The van der Waals surface area contributed by atoms with E-state index >= 15 is 0 Å². The molecule has 0 aliphatic carbocycles. The summed E-state index contributed by atoms with van der Waals surface area (Å²) in [6, 6.07) is 0. The lowest BCUT2D eigenvalue weighted by molar-refractivity contribution is 0.136. The second-order valence-electron chi connectivity index (χ2n) is 2.87. The van der Waals surface area contributed by atoms with Crippen LogP contribution in [-0.4, -0.2) is 11.2 Å². The van der Waals surface area contributed by atoms with Gasteiger partial charge < -0.3 is 5.11 Å². The number of rotatable bonds is 4. The molecule has 0 bridgehead atoms. The summed E-state index contributed by atoms with van der Waals surface area (Å²) in [5.41, 5.74) is 0.883. The number of hydrogen-bond acceptors (Lipinski definition) is 1. The van der Waals surface area contributed by atoms with E-state index in [1.807, 2.05) is 6.92 Å². The molecule has 10 heavy (non-hydrogen) atoms. The molecule has 0 spiro atoms. The van der Waals surface area contributed by atoms with E-state index in [1.54, 1.807) is 0 Å². The van der Waals surface area contributed by atoms with E-state index in [-0.39, 0.29) is 6.10 Å². The van der Waals surface area contributed by atoms with Crippen molar-refractivity contribution >= 4 is 0 Å². The quantitative estimate of drug-likeness (QED) is 0.597. The van der Waals surface area contributed by atoms with Crippen LogP contribution >= 0.6 is 0 Å². The third kappa shape index (κ3) is 2.53. The number of aliphatic hydroxyl groups is 1. The summed E-state index contributed by atoms with van der Waals surface area (Å²) in [7, 11) is 0. The Bertz CT molecular complexity index is 103. The standard InChI is InChI=1S/C9H18O/c1-5-8(6-2)9(10)7(3)4/h8-10H,3,5-6H2,1-2,4H3. The number of hydrogen-bond donors (Lipinski definition) is 1. The first-order chi connectivity index (χ1) is 4.63. The Morgan fingerprint density at radius 2 is 1.80 bits per heavy atom. The van der Waals surface area contributed by atoms with Crippen molar-refractivity contribution in [1.29, 1.82) is 0 Å². The van der Waals surface area contributed by atoms with E-state index in [2.05, 4.69) is 20.4 Å². The summed E-state index contributed by atoms with van der Waals surface area (Å²) in [5, 5.41) is 9.49. The summed E-state index contributed by atoms with van der Waals surface area (Å²) >= 11 is 0. The van der Waals surface area contributed by atoms with Crippen molar-refractivity contribution in [1.82, 2.24) is 0 Å². The molecule has 0 aromatic rings. The van der Waals surface area contributed by atoms with Crippen molar-refractivity contribution in [2.24, 2.45) is 5.92 Å². The maximum absolute atomic E-state index is 9.49. The van der Waals surface area contributed by atoms with E-state index in [4.69, 9.17) is 0 Å². The topological polar surface area (TPSA) is 20.2 Å². The van der Waals surface area contributed by atoms with Gasteiger partial charge in [-0.25, -0.2) is 0 Å². The van der Waals surface area contributed by atoms with Crippen molar-refractivity contribution in [2.45, 2.75) is 39.7 Å². The van der Waals surface area contributed by atoms with Crippen LogP contribution in [0.4, 0.5) is 0 Å². The molecule has 1 nitrogen and oxygen atoms in total. The Balaban J connectivity index is 3.88. The maximum Gasteiger partial charge on any atom is 0.0772 e. The molecule has 1 unspecified atom stereocenters. The van der Waals surface area contributed by atoms with Gasteiger partial charge in [0.2, 0.25) is 0 Å². The van der Waals surface area contributed by atoms with Crippen molar-refractivity contribution in [3.8, 4) is 0 Å². The van der Waals surface area contributed by atoms with Crippen molar-refractivity contribution in [2.75, 3.05) is 0 Å². The Hall–Kier alpha value is -0.300. The van der Waals surface area contributed by atoms with E-state index in [0.717, 1.165) is 18.4 Å². The Morgan fingerprint density at radius 1 is 1.40 bits per heavy atom. The smallest absolute Gasteiger partial charge is 0.0772 e. The highest BCUT2D eigenvalue weighted by Gasteiger charge is 2.14. The normalized spacial score (nSPS) is 13.7. The second-order valence-corrected chi connectivity index (χ2v) is 2.87. The van der Waals surface area contributed by atoms with Crippen LogP contribution in [0.2, 0.25) is 0 Å². The van der Waals surface area contributed by atoms with Gasteiger partial charge in [-0.05, 0) is 12.8 Å². The van der Waals surface area contributed by atoms with Gasteiger partial charge in [0.05, 0.1) is 6.10 Å². The minimum absolute atomic E-state index is 0.296. The summed E-state index contributed by atoms with van der Waals surface area (Å²) < 4.78 is 0. The van der Waals surface area contributed by atoms with E-state index < -0.39 is 0 Å². The molecule has 1 heteroatoms. The van der Waals surface area contributed by atoms with Crippen molar-refractivity contribution < 1.29 is 5.11 Å². The SMILES string of the molecule is C=C(C)C(O)C(CC)CC. The lowest BCUT2D eigenvalue weighted by atomic mass is 9.93. The molecule has 0 saturated carbocycles. The summed E-state index contributed by atoms with van der Waals surface area (Å²) in [6.07, 6.45) is 1.77. The number of aliphatic hydroxyl groups excluding tert-OH is 1. The summed E-state index contributed by atoms with van der Waals surface area (Å²) in [4.78, 5) is 0. The largest absolute Gasteiger partial charge is 0.388 e. The van der Waals surface area contributed by atoms with Gasteiger partial charge in [0, 0.05) is 0 Å². The molecular weight excluding hydrogens is 124 g/mol. The van der Waals surface area contributed by atoms with Crippen molar-refractivity contribution in [3.63, 3.8) is 0 Å². The molecule has 60 valence electrons. The van der Waals surface area contributed by atoms with Crippen LogP contribution in [0.3, 0.4) is 0 Å². The van der Waals surface area contributed by atoms with Crippen LogP contribution in [0.15, 0.2) is 12.2 Å². The first-order valence-electron chi connectivity index (χ1n) is 3.96. The van der Waals surface area contributed by atoms with Gasteiger partial charge in [0.15, 0.2) is 0 Å². The highest BCUT2D eigenvalue weighted by Crippen LogP contribution is 2.17. The molecular formula is C9H18O. The molecule has 1 N–H and O–H groups in total. The monoisotopic (exact) mass is 142 g/mol. The van der Waals surface area contributed by atoms with Crippen LogP contribution in [-0.2, 0) is 0 Å². The Kier molecular flexibility index (Phi) is 4.37. The van der Waals surface area contributed by atoms with Gasteiger partial charge in [0.1, 0.15) is 0 Å². The minimum Gasteiger partial charge on any atom is -0.388 e. The van der Waals surface area contributed by atoms with Gasteiger partial charge >= 0.3 is 0 Å². The lowest BCUT2D eigenvalue weighted by Gasteiger charge is -2.19. The Morgan fingerprint density at radius 3 is 1.90 bits per heavy atom. The molecule has 0 radical (unpaired) electrons. The van der Waals surface area contributed by atoms with Crippen molar-refractivity contribution in [3.05, 3.63) is 12.2 Å². The minimum atomic E-state index is -0.296. The molecule has 0 aliphatic rings. The first kappa shape index (κ1) is 9.70. The van der Waals surface area contributed by atoms with Gasteiger partial charge in [-0.1, -0.05) is 38.8 Å². The van der Waals surface area contributed by atoms with Crippen LogP contribution in [0.1, 0.15) is 33.6 Å². The lowest BCUT2D eigenvalue weighted by Crippen LogP contribution is -2.19. The molecule has 0 heterocycles. The summed E-state index contributed by atoms with van der Waals surface area (Å²) in [5.74, 6) is 0.400. The zero-order chi connectivity index (χ0) is 8.15. The van der Waals surface area contributed by atoms with Gasteiger partial charge in [-0.2, -0.15) is 0 Å².